The Labute approximate surface area is 188 Å². The number of fused-ring (bicyclic) bond motifs is 1. The summed E-state index contributed by atoms with van der Waals surface area (Å²) in [6.45, 7) is 7.80. The zero-order valence-electron chi connectivity index (χ0n) is 18.9. The molecule has 0 saturated carbocycles. The molecular weight excluding hydrogens is 413 g/mol. The SMILES string of the molecule is CCNC(=NCC(O)c1cccc(OC(C)C)c1)NCCc1cc(F)cc2c1OCOC2. The number of nitrogens with zero attached hydrogens (tertiary/aromatic N) is 1. The van der Waals surface area contributed by atoms with Gasteiger partial charge in [0.05, 0.1) is 25.4 Å². The van der Waals surface area contributed by atoms with E-state index >= 15 is 0 Å². The van der Waals surface area contributed by atoms with Gasteiger partial charge in [0.2, 0.25) is 0 Å². The molecule has 1 heterocycles. The number of ether oxygens (including phenoxy) is 3. The molecule has 2 aromatic rings. The third-order valence-electron chi connectivity index (χ3n) is 4.82. The number of hydrogen-bond donors (Lipinski definition) is 3. The number of hydrogen-bond acceptors (Lipinski definition) is 5. The van der Waals surface area contributed by atoms with E-state index in [0.29, 0.717) is 37.8 Å². The molecule has 2 aromatic carbocycles. The molecule has 0 saturated heterocycles. The Balaban J connectivity index is 1.59. The van der Waals surface area contributed by atoms with Crippen molar-refractivity contribution in [2.24, 2.45) is 4.99 Å². The Morgan fingerprint density at radius 3 is 2.88 bits per heavy atom. The summed E-state index contributed by atoms with van der Waals surface area (Å²) in [5.41, 5.74) is 2.25. The minimum atomic E-state index is -0.759. The second-order valence-electron chi connectivity index (χ2n) is 7.82. The van der Waals surface area contributed by atoms with Gasteiger partial charge < -0.3 is 30.0 Å². The molecule has 0 bridgehead atoms. The number of halogens is 1. The van der Waals surface area contributed by atoms with E-state index in [-0.39, 0.29) is 25.3 Å². The van der Waals surface area contributed by atoms with Crippen LogP contribution in [0.25, 0.3) is 0 Å². The highest BCUT2D eigenvalue weighted by Crippen LogP contribution is 2.29. The lowest BCUT2D eigenvalue weighted by molar-refractivity contribution is -0.0172. The summed E-state index contributed by atoms with van der Waals surface area (Å²) in [5, 5.41) is 17.0. The summed E-state index contributed by atoms with van der Waals surface area (Å²) in [6, 6.07) is 10.3. The summed E-state index contributed by atoms with van der Waals surface area (Å²) >= 11 is 0. The van der Waals surface area contributed by atoms with Gasteiger partial charge in [-0.1, -0.05) is 12.1 Å². The number of rotatable bonds is 9. The highest BCUT2D eigenvalue weighted by atomic mass is 19.1. The van der Waals surface area contributed by atoms with Crippen LogP contribution in [0.2, 0.25) is 0 Å². The lowest BCUT2D eigenvalue weighted by atomic mass is 10.1. The van der Waals surface area contributed by atoms with E-state index in [2.05, 4.69) is 15.6 Å². The summed E-state index contributed by atoms with van der Waals surface area (Å²) in [5.74, 6) is 1.69. The first-order valence-corrected chi connectivity index (χ1v) is 10.9. The number of benzene rings is 2. The van der Waals surface area contributed by atoms with Crippen LogP contribution in [-0.2, 0) is 17.8 Å². The zero-order chi connectivity index (χ0) is 22.9. The molecule has 0 amide bonds. The fourth-order valence-electron chi connectivity index (χ4n) is 3.45. The average molecular weight is 446 g/mol. The molecule has 174 valence electrons. The van der Waals surface area contributed by atoms with Crippen LogP contribution in [0.4, 0.5) is 4.39 Å². The quantitative estimate of drug-likeness (QED) is 0.406. The van der Waals surface area contributed by atoms with Crippen molar-refractivity contribution in [1.29, 1.82) is 0 Å². The molecule has 32 heavy (non-hydrogen) atoms. The van der Waals surface area contributed by atoms with Crippen LogP contribution in [0.1, 0.15) is 43.6 Å². The van der Waals surface area contributed by atoms with E-state index in [1.165, 1.54) is 12.1 Å². The second-order valence-corrected chi connectivity index (χ2v) is 7.82. The molecule has 1 aliphatic rings. The van der Waals surface area contributed by atoms with E-state index in [9.17, 15) is 9.50 Å². The molecule has 1 aliphatic heterocycles. The van der Waals surface area contributed by atoms with Crippen molar-refractivity contribution in [2.75, 3.05) is 26.4 Å². The molecular formula is C24H32FN3O4. The van der Waals surface area contributed by atoms with Gasteiger partial charge in [0.25, 0.3) is 0 Å². The third kappa shape index (κ3) is 6.83. The maximum absolute atomic E-state index is 13.9. The molecule has 8 heteroatoms. The summed E-state index contributed by atoms with van der Waals surface area (Å²) in [6.07, 6.45) is -0.141. The molecule has 0 spiro atoms. The number of aliphatic hydroxyl groups excluding tert-OH is 1. The number of aliphatic imine (C=N–C) groups is 1. The van der Waals surface area contributed by atoms with E-state index in [4.69, 9.17) is 14.2 Å². The Morgan fingerprint density at radius 2 is 2.09 bits per heavy atom. The van der Waals surface area contributed by atoms with Gasteiger partial charge in [-0.15, -0.1) is 0 Å². The number of nitrogens with one attached hydrogen (secondary N) is 2. The lowest BCUT2D eigenvalue weighted by Gasteiger charge is -2.21. The summed E-state index contributed by atoms with van der Waals surface area (Å²) in [7, 11) is 0. The van der Waals surface area contributed by atoms with Crippen molar-refractivity contribution in [3.8, 4) is 11.5 Å². The van der Waals surface area contributed by atoms with Gasteiger partial charge in [-0.2, -0.15) is 0 Å². The third-order valence-corrected chi connectivity index (χ3v) is 4.82. The predicted octanol–water partition coefficient (Wildman–Crippen LogP) is 3.31. The summed E-state index contributed by atoms with van der Waals surface area (Å²) < 4.78 is 30.4. The maximum atomic E-state index is 13.9. The van der Waals surface area contributed by atoms with Gasteiger partial charge in [0, 0.05) is 18.7 Å². The summed E-state index contributed by atoms with van der Waals surface area (Å²) in [4.78, 5) is 4.49. The van der Waals surface area contributed by atoms with Crippen LogP contribution >= 0.6 is 0 Å². The fourth-order valence-corrected chi connectivity index (χ4v) is 3.45. The van der Waals surface area contributed by atoms with Crippen molar-refractivity contribution in [3.05, 3.63) is 58.9 Å². The highest BCUT2D eigenvalue weighted by molar-refractivity contribution is 5.79. The molecule has 3 N–H and O–H groups in total. The first-order valence-electron chi connectivity index (χ1n) is 10.9. The Morgan fingerprint density at radius 1 is 1.25 bits per heavy atom. The molecule has 1 atom stereocenters. The largest absolute Gasteiger partial charge is 0.491 e. The minimum absolute atomic E-state index is 0.0617. The van der Waals surface area contributed by atoms with Gasteiger partial charge in [-0.25, -0.2) is 4.39 Å². The molecule has 0 aliphatic carbocycles. The first-order chi connectivity index (χ1) is 15.5. The van der Waals surface area contributed by atoms with Crippen LogP contribution < -0.4 is 20.1 Å². The average Bonchev–Trinajstić information content (AvgIpc) is 2.76. The molecule has 7 nitrogen and oxygen atoms in total. The predicted molar refractivity (Wildman–Crippen MR) is 122 cm³/mol. The van der Waals surface area contributed by atoms with Gasteiger partial charge in [0.15, 0.2) is 12.8 Å². The van der Waals surface area contributed by atoms with Crippen LogP contribution in [0, 0.1) is 5.82 Å². The van der Waals surface area contributed by atoms with Crippen molar-refractivity contribution in [1.82, 2.24) is 10.6 Å². The second kappa shape index (κ2) is 11.7. The lowest BCUT2D eigenvalue weighted by Crippen LogP contribution is -2.38. The van der Waals surface area contributed by atoms with Crippen LogP contribution in [0.15, 0.2) is 41.4 Å². The van der Waals surface area contributed by atoms with Crippen LogP contribution in [0.5, 0.6) is 11.5 Å². The fraction of sp³-hybridized carbons (Fsp3) is 0.458. The van der Waals surface area contributed by atoms with Crippen molar-refractivity contribution in [2.45, 2.75) is 46.0 Å². The van der Waals surface area contributed by atoms with E-state index in [1.807, 2.05) is 45.0 Å². The van der Waals surface area contributed by atoms with Crippen molar-refractivity contribution in [3.63, 3.8) is 0 Å². The first kappa shape index (κ1) is 23.8. The van der Waals surface area contributed by atoms with Crippen LogP contribution in [-0.4, -0.2) is 43.6 Å². The van der Waals surface area contributed by atoms with E-state index < -0.39 is 6.10 Å². The Hall–Kier alpha value is -2.84. The van der Waals surface area contributed by atoms with Crippen molar-refractivity contribution < 1.29 is 23.7 Å². The standard InChI is InChI=1S/C24H32FN3O4/c1-4-26-24(28-13-22(29)17-6-5-7-21(12-17)32-16(2)3)27-9-8-18-10-20(25)11-19-14-30-15-31-23(18)19/h5-7,10-12,16,22,29H,4,8-9,13-15H2,1-3H3,(H2,26,27,28). The maximum Gasteiger partial charge on any atom is 0.191 e. The van der Waals surface area contributed by atoms with Gasteiger partial charge in [-0.05, 0) is 62.6 Å². The number of aliphatic hydroxyl groups is 1. The smallest absolute Gasteiger partial charge is 0.191 e. The van der Waals surface area contributed by atoms with E-state index in [0.717, 1.165) is 22.4 Å². The minimum Gasteiger partial charge on any atom is -0.491 e. The highest BCUT2D eigenvalue weighted by Gasteiger charge is 2.17. The number of guanidine groups is 1. The molecule has 0 aromatic heterocycles. The zero-order valence-corrected chi connectivity index (χ0v) is 18.9. The molecule has 0 fully saturated rings. The van der Waals surface area contributed by atoms with Gasteiger partial charge in [0.1, 0.15) is 17.3 Å². The Kier molecular flexibility index (Phi) is 8.70. The normalized spacial score (nSPS) is 14.5. The molecule has 3 rings (SSSR count). The molecule has 0 radical (unpaired) electrons. The molecule has 1 unspecified atom stereocenters. The van der Waals surface area contributed by atoms with E-state index in [1.54, 1.807) is 0 Å². The van der Waals surface area contributed by atoms with Crippen LogP contribution in [0.3, 0.4) is 0 Å². The monoisotopic (exact) mass is 445 g/mol. The van der Waals surface area contributed by atoms with Crippen molar-refractivity contribution >= 4 is 5.96 Å². The topological polar surface area (TPSA) is 84.3 Å². The Bertz CT molecular complexity index is 920. The van der Waals surface area contributed by atoms with Gasteiger partial charge >= 0.3 is 0 Å². The van der Waals surface area contributed by atoms with Gasteiger partial charge in [-0.3, -0.25) is 4.99 Å².